The molecule has 1 N–H and O–H groups in total. The van der Waals surface area contributed by atoms with Gasteiger partial charge in [-0.05, 0) is 24.6 Å². The first-order valence-electron chi connectivity index (χ1n) is 6.14. The maximum absolute atomic E-state index is 11.3. The van der Waals surface area contributed by atoms with Gasteiger partial charge in [0.15, 0.2) is 0 Å². The number of fused-ring (bicyclic) bond motifs is 1. The van der Waals surface area contributed by atoms with Crippen LogP contribution in [0.15, 0.2) is 34.9 Å². The lowest BCUT2D eigenvalue weighted by Crippen LogP contribution is -2.27. The molecule has 19 heavy (non-hydrogen) atoms. The third-order valence-corrected chi connectivity index (χ3v) is 5.11. The van der Waals surface area contributed by atoms with Gasteiger partial charge < -0.3 is 5.32 Å². The predicted molar refractivity (Wildman–Crippen MR) is 84.7 cm³/mol. The van der Waals surface area contributed by atoms with Crippen LogP contribution in [-0.2, 0) is 17.3 Å². The molecule has 2 atom stereocenters. The highest BCUT2D eigenvalue weighted by atomic mass is 79.9. The first-order chi connectivity index (χ1) is 9.09. The van der Waals surface area contributed by atoms with Gasteiger partial charge >= 0.3 is 0 Å². The second-order valence-electron chi connectivity index (χ2n) is 4.55. The minimum Gasteiger partial charge on any atom is -0.311 e. The van der Waals surface area contributed by atoms with E-state index in [9.17, 15) is 4.21 Å². The summed E-state index contributed by atoms with van der Waals surface area (Å²) in [6, 6.07) is 8.11. The van der Waals surface area contributed by atoms with Crippen LogP contribution in [0.1, 0.15) is 12.5 Å². The van der Waals surface area contributed by atoms with Gasteiger partial charge in [-0.2, -0.15) is 0 Å². The Bertz CT molecular complexity index is 603. The number of halogens is 1. The summed E-state index contributed by atoms with van der Waals surface area (Å²) in [4.78, 5) is 4.44. The second-order valence-corrected chi connectivity index (χ2v) is 7.20. The molecule has 0 aliphatic carbocycles. The monoisotopic (exact) mass is 340 g/mol. The Labute approximate surface area is 124 Å². The number of hydrogen-bond donors (Lipinski definition) is 1. The van der Waals surface area contributed by atoms with Gasteiger partial charge in [-0.25, -0.2) is 0 Å². The van der Waals surface area contributed by atoms with Crippen molar-refractivity contribution in [3.05, 3.63) is 40.5 Å². The molecule has 1 aromatic heterocycles. The summed E-state index contributed by atoms with van der Waals surface area (Å²) in [7, 11) is -0.785. The number of nitrogens with zero attached hydrogens (tertiary/aromatic N) is 1. The summed E-state index contributed by atoms with van der Waals surface area (Å²) < 4.78 is 12.4. The highest BCUT2D eigenvalue weighted by Gasteiger charge is 2.08. The molecule has 0 aliphatic heterocycles. The van der Waals surface area contributed by atoms with Crippen molar-refractivity contribution in [2.45, 2.75) is 18.7 Å². The Hall–Kier alpha value is -0.780. The van der Waals surface area contributed by atoms with Gasteiger partial charge in [0, 0.05) is 51.5 Å². The van der Waals surface area contributed by atoms with Crippen molar-refractivity contribution in [2.24, 2.45) is 0 Å². The van der Waals surface area contributed by atoms with Crippen molar-refractivity contribution in [2.75, 3.05) is 12.8 Å². The molecule has 102 valence electrons. The van der Waals surface area contributed by atoms with E-state index < -0.39 is 10.8 Å². The van der Waals surface area contributed by atoms with Gasteiger partial charge in [-0.1, -0.05) is 28.1 Å². The van der Waals surface area contributed by atoms with Gasteiger partial charge in [0.1, 0.15) is 0 Å². The topological polar surface area (TPSA) is 42.0 Å². The molecule has 2 aromatic rings. The van der Waals surface area contributed by atoms with Gasteiger partial charge in [0.25, 0.3) is 0 Å². The number of pyridine rings is 1. The molecule has 0 bridgehead atoms. The van der Waals surface area contributed by atoms with Crippen LogP contribution in [0.5, 0.6) is 0 Å². The van der Waals surface area contributed by atoms with Crippen LogP contribution in [0.2, 0.25) is 0 Å². The van der Waals surface area contributed by atoms with E-state index in [1.54, 1.807) is 6.26 Å². The highest BCUT2D eigenvalue weighted by molar-refractivity contribution is 9.10. The van der Waals surface area contributed by atoms with Crippen LogP contribution < -0.4 is 5.32 Å². The molecule has 3 nitrogen and oxygen atoms in total. The number of benzene rings is 1. The van der Waals surface area contributed by atoms with E-state index >= 15 is 0 Å². The molecular weight excluding hydrogens is 324 g/mol. The Morgan fingerprint density at radius 3 is 2.95 bits per heavy atom. The fourth-order valence-corrected chi connectivity index (χ4v) is 2.67. The Kier molecular flexibility index (Phi) is 5.07. The zero-order valence-electron chi connectivity index (χ0n) is 11.0. The van der Waals surface area contributed by atoms with Crippen molar-refractivity contribution in [3.63, 3.8) is 0 Å². The zero-order valence-corrected chi connectivity index (χ0v) is 13.4. The summed E-state index contributed by atoms with van der Waals surface area (Å²) in [6.07, 6.45) is 3.55. The standard InChI is InChI=1S/C14H17BrN2OS/c1-10(19(2)18)8-16-9-11-5-6-13(15)12-4-3-7-17-14(11)12/h3-7,10,16H,8-9H2,1-2H3/t10-,19-/m0/s1. The van der Waals surface area contributed by atoms with Crippen LogP contribution in [0.25, 0.3) is 10.9 Å². The molecule has 0 aliphatic rings. The molecule has 0 fully saturated rings. The average molecular weight is 341 g/mol. The zero-order chi connectivity index (χ0) is 13.8. The van der Waals surface area contributed by atoms with Gasteiger partial charge in [-0.15, -0.1) is 0 Å². The third-order valence-electron chi connectivity index (χ3n) is 3.11. The highest BCUT2D eigenvalue weighted by Crippen LogP contribution is 2.25. The lowest BCUT2D eigenvalue weighted by Gasteiger charge is -2.11. The van der Waals surface area contributed by atoms with Crippen molar-refractivity contribution >= 4 is 37.6 Å². The molecule has 0 radical (unpaired) electrons. The summed E-state index contributed by atoms with van der Waals surface area (Å²) >= 11 is 3.54. The van der Waals surface area contributed by atoms with E-state index in [4.69, 9.17) is 0 Å². The Morgan fingerprint density at radius 1 is 1.42 bits per heavy atom. The van der Waals surface area contributed by atoms with Crippen LogP contribution in [-0.4, -0.2) is 27.2 Å². The first-order valence-corrected chi connectivity index (χ1v) is 8.56. The van der Waals surface area contributed by atoms with Crippen LogP contribution in [0.3, 0.4) is 0 Å². The molecule has 0 amide bonds. The lowest BCUT2D eigenvalue weighted by molar-refractivity contribution is 0.648. The summed E-state index contributed by atoms with van der Waals surface area (Å²) in [5.74, 6) is 0. The van der Waals surface area contributed by atoms with Crippen molar-refractivity contribution < 1.29 is 4.21 Å². The maximum atomic E-state index is 11.3. The number of hydrogen-bond acceptors (Lipinski definition) is 3. The summed E-state index contributed by atoms with van der Waals surface area (Å²) in [6.45, 7) is 3.47. The average Bonchev–Trinajstić information content (AvgIpc) is 2.41. The Morgan fingerprint density at radius 2 is 2.21 bits per heavy atom. The normalized spacial score (nSPS) is 14.5. The molecule has 5 heteroatoms. The maximum Gasteiger partial charge on any atom is 0.0758 e. The van der Waals surface area contributed by atoms with Crippen molar-refractivity contribution in [1.82, 2.24) is 10.3 Å². The van der Waals surface area contributed by atoms with E-state index in [1.807, 2.05) is 25.3 Å². The minimum atomic E-state index is -0.785. The van der Waals surface area contributed by atoms with E-state index in [1.165, 1.54) is 0 Å². The molecule has 0 saturated carbocycles. The van der Waals surface area contributed by atoms with Crippen molar-refractivity contribution in [1.29, 1.82) is 0 Å². The van der Waals surface area contributed by atoms with Crippen LogP contribution in [0, 0.1) is 0 Å². The largest absolute Gasteiger partial charge is 0.311 e. The van der Waals surface area contributed by atoms with E-state index in [2.05, 4.69) is 38.4 Å². The van der Waals surface area contributed by atoms with E-state index in [0.29, 0.717) is 0 Å². The lowest BCUT2D eigenvalue weighted by atomic mass is 10.1. The molecular formula is C14H17BrN2OS. The smallest absolute Gasteiger partial charge is 0.0758 e. The van der Waals surface area contributed by atoms with E-state index in [-0.39, 0.29) is 5.25 Å². The second kappa shape index (κ2) is 6.59. The predicted octanol–water partition coefficient (Wildman–Crippen LogP) is 2.85. The number of rotatable bonds is 5. The van der Waals surface area contributed by atoms with Crippen LogP contribution in [0.4, 0.5) is 0 Å². The minimum absolute atomic E-state index is 0.162. The van der Waals surface area contributed by atoms with Gasteiger partial charge in [-0.3, -0.25) is 9.19 Å². The third kappa shape index (κ3) is 3.61. The quantitative estimate of drug-likeness (QED) is 0.909. The molecule has 2 rings (SSSR count). The van der Waals surface area contributed by atoms with Crippen LogP contribution >= 0.6 is 15.9 Å². The molecule has 0 unspecified atom stereocenters. The fourth-order valence-electron chi connectivity index (χ4n) is 1.87. The van der Waals surface area contributed by atoms with E-state index in [0.717, 1.165) is 34.0 Å². The Balaban J connectivity index is 2.13. The summed E-state index contributed by atoms with van der Waals surface area (Å²) in [5, 5.41) is 4.63. The van der Waals surface area contributed by atoms with Gasteiger partial charge in [0.2, 0.25) is 0 Å². The molecule has 1 aromatic carbocycles. The molecule has 0 spiro atoms. The molecule has 0 saturated heterocycles. The SMILES string of the molecule is C[C@@H](CNCc1ccc(Br)c2cccnc12)[S@](C)=O. The van der Waals surface area contributed by atoms with Gasteiger partial charge in [0.05, 0.1) is 5.52 Å². The molecule has 1 heterocycles. The summed E-state index contributed by atoms with van der Waals surface area (Å²) in [5.41, 5.74) is 2.17. The number of nitrogens with one attached hydrogen (secondary N) is 1. The first kappa shape index (κ1) is 14.6. The fraction of sp³-hybridized carbons (Fsp3) is 0.357. The van der Waals surface area contributed by atoms with Crippen molar-refractivity contribution in [3.8, 4) is 0 Å². The number of aromatic nitrogens is 1.